The van der Waals surface area contributed by atoms with E-state index in [0.717, 1.165) is 11.8 Å². The molecule has 0 aromatic heterocycles. The standard InChI is InChI=1S/C4H8O2.C3H8.2C2H5Cl.C2H6O.Al.Cl2OS.ClH.Li.4H/c1-3-6-4(2)5;1-3-2;3*1-2-3;;1-4(2)3;;;;;;/h3H2,1-2H3;3H2,1-2H3;2*2H2,1H3;3H,2H2,1H3;;;1H;;;;;/q;;;;;;;;+1;;;;-1. The average molecular weight is 501 g/mol. The quantitative estimate of drug-likeness (QED) is 0.259. The van der Waals surface area contributed by atoms with Crippen molar-refractivity contribution >= 4 is 89.5 Å². The predicted molar refractivity (Wildman–Crippen MR) is 122 cm³/mol. The summed E-state index contributed by atoms with van der Waals surface area (Å²) in [7, 11) is 7.36. The first kappa shape index (κ1) is 56.4. The second kappa shape index (κ2) is 82.6. The fourth-order valence-electron chi connectivity index (χ4n) is 0.203. The molecule has 0 heterocycles. The first-order chi connectivity index (χ1) is 10.2. The van der Waals surface area contributed by atoms with Crippen molar-refractivity contribution in [2.75, 3.05) is 25.0 Å². The first-order valence-corrected chi connectivity index (χ1v) is 10.6. The Kier molecular flexibility index (Phi) is 186. The largest absolute Gasteiger partial charge is 1.00 e. The molecule has 0 spiro atoms. The fraction of sp³-hybridized carbons (Fsp3) is 0.923. The molecule has 0 amide bonds. The summed E-state index contributed by atoms with van der Waals surface area (Å²) in [5.74, 6) is 1.23. The zero-order valence-electron chi connectivity index (χ0n) is 17.0. The molecule has 0 unspecified atom stereocenters. The van der Waals surface area contributed by atoms with Gasteiger partial charge in [0, 0.05) is 46.7 Å². The molecule has 0 aliphatic rings. The van der Waals surface area contributed by atoms with E-state index >= 15 is 0 Å². The van der Waals surface area contributed by atoms with E-state index in [2.05, 4.69) is 39.9 Å². The zero-order chi connectivity index (χ0) is 19.4. The van der Waals surface area contributed by atoms with Gasteiger partial charge < -0.3 is 11.3 Å². The Hall–Kier alpha value is 2.16. The second-order valence-corrected chi connectivity index (χ2v) is 6.26. The van der Waals surface area contributed by atoms with Gasteiger partial charge in [0.15, 0.2) is 17.4 Å². The number of hydrogen-bond acceptors (Lipinski definition) is 4. The first-order valence-electron chi connectivity index (χ1n) is 6.77. The maximum absolute atomic E-state index is 9.82. The molecule has 0 fully saturated rings. The summed E-state index contributed by atoms with van der Waals surface area (Å²) < 4.78 is 13.5. The minimum absolute atomic E-state index is 0. The van der Waals surface area contributed by atoms with Crippen LogP contribution in [0.25, 0.3) is 0 Å². The number of carbonyl (C=O) groups is 1. The van der Waals surface area contributed by atoms with Crippen LogP contribution in [0, 0.1) is 0 Å². The van der Waals surface area contributed by atoms with Crippen molar-refractivity contribution in [1.29, 1.82) is 0 Å². The van der Waals surface area contributed by atoms with Crippen LogP contribution in [-0.4, -0.2) is 57.6 Å². The smallest absolute Gasteiger partial charge is 1.00 e. The van der Waals surface area contributed by atoms with Gasteiger partial charge in [-0.1, -0.05) is 34.1 Å². The molecule has 0 saturated carbocycles. The van der Waals surface area contributed by atoms with E-state index in [4.69, 9.17) is 32.5 Å². The number of aliphatic hydroxyl groups is 1. The van der Waals surface area contributed by atoms with Crippen LogP contribution in [0.3, 0.4) is 0 Å². The van der Waals surface area contributed by atoms with Crippen LogP contribution in [0.15, 0.2) is 0 Å². The van der Waals surface area contributed by atoms with Crippen molar-refractivity contribution in [2.24, 2.45) is 0 Å². The average Bonchev–Trinajstić information content (AvgIpc) is 2.31. The normalized spacial score (nSPS) is 6.12. The Morgan fingerprint density at radius 3 is 1.16 bits per heavy atom. The summed E-state index contributed by atoms with van der Waals surface area (Å²) in [6.07, 6.45) is 1.25. The SMILES string of the molecule is CCC.CCCl.CCCl.CCO.CCOC(C)=O.Cl.O=S(Cl)Cl.[AlH3].[H-].[Li+]. The van der Waals surface area contributed by atoms with Gasteiger partial charge in [-0.3, -0.25) is 4.79 Å². The van der Waals surface area contributed by atoms with Gasteiger partial charge in [-0.05, 0) is 13.8 Å². The maximum Gasteiger partial charge on any atom is 1.00 e. The predicted octanol–water partition coefficient (Wildman–Crippen LogP) is 1.87. The van der Waals surface area contributed by atoms with Gasteiger partial charge in [0.2, 0.25) is 9.23 Å². The fourth-order valence-corrected chi connectivity index (χ4v) is 0.203. The van der Waals surface area contributed by atoms with E-state index in [1.54, 1.807) is 13.8 Å². The number of hydrogen-bond donors (Lipinski definition) is 1. The van der Waals surface area contributed by atoms with Gasteiger partial charge in [-0.2, -0.15) is 0 Å². The van der Waals surface area contributed by atoms with Gasteiger partial charge in [0.25, 0.3) is 0 Å². The monoisotopic (exact) mass is 498 g/mol. The molecule has 0 rings (SSSR count). The molecule has 0 aromatic carbocycles. The third kappa shape index (κ3) is 574. The summed E-state index contributed by atoms with van der Waals surface area (Å²) in [5.41, 5.74) is 0. The molecule has 0 aliphatic carbocycles. The van der Waals surface area contributed by atoms with E-state index in [1.165, 1.54) is 13.3 Å². The van der Waals surface area contributed by atoms with Crippen molar-refractivity contribution in [3.8, 4) is 0 Å². The Morgan fingerprint density at radius 2 is 1.16 bits per heavy atom. The number of halogens is 5. The minimum atomic E-state index is -1.67. The van der Waals surface area contributed by atoms with Gasteiger partial charge in [0.05, 0.1) is 6.61 Å². The van der Waals surface area contributed by atoms with Crippen molar-refractivity contribution in [3.05, 3.63) is 0 Å². The molecule has 158 valence electrons. The third-order valence-electron chi connectivity index (χ3n) is 0.348. The summed E-state index contributed by atoms with van der Waals surface area (Å²) in [6, 6.07) is 0. The molecular weight excluding hydrogens is 463 g/mol. The van der Waals surface area contributed by atoms with Gasteiger partial charge in [0.1, 0.15) is 0 Å². The number of alkyl halides is 2. The van der Waals surface area contributed by atoms with Crippen molar-refractivity contribution in [2.45, 2.75) is 54.9 Å². The number of carbonyl (C=O) groups excluding carboxylic acids is 1. The van der Waals surface area contributed by atoms with E-state index in [9.17, 15) is 4.79 Å². The molecule has 0 saturated heterocycles. The van der Waals surface area contributed by atoms with Crippen LogP contribution in [0.2, 0.25) is 0 Å². The number of aliphatic hydroxyl groups excluding tert-OH is 1. The van der Waals surface area contributed by atoms with E-state index in [1.807, 2.05) is 13.8 Å². The molecule has 4 nitrogen and oxygen atoms in total. The van der Waals surface area contributed by atoms with E-state index in [0.29, 0.717) is 6.61 Å². The number of esters is 1. The van der Waals surface area contributed by atoms with E-state index in [-0.39, 0.29) is 62.6 Å². The second-order valence-electron chi connectivity index (χ2n) is 2.67. The Labute approximate surface area is 207 Å². The number of rotatable bonds is 1. The van der Waals surface area contributed by atoms with Crippen LogP contribution in [0.1, 0.15) is 56.3 Å². The number of ether oxygens (including phenoxy) is 1. The molecule has 0 bridgehead atoms. The van der Waals surface area contributed by atoms with Gasteiger partial charge in [-0.15, -0.1) is 35.6 Å². The molecule has 1 N–H and O–H groups in total. The van der Waals surface area contributed by atoms with Crippen molar-refractivity contribution in [3.63, 3.8) is 0 Å². The zero-order valence-corrected chi connectivity index (χ0v) is 20.7. The van der Waals surface area contributed by atoms with E-state index < -0.39 is 9.23 Å². The molecule has 12 heteroatoms. The summed E-state index contributed by atoms with van der Waals surface area (Å²) in [4.78, 5) is 9.82. The summed E-state index contributed by atoms with van der Waals surface area (Å²) in [5, 5.41) is 7.57. The van der Waals surface area contributed by atoms with Gasteiger partial charge >= 0.3 is 24.8 Å². The minimum Gasteiger partial charge on any atom is -1.00 e. The molecule has 0 aromatic rings. The van der Waals surface area contributed by atoms with Crippen molar-refractivity contribution < 1.29 is 39.1 Å². The third-order valence-corrected chi connectivity index (χ3v) is 0.348. The Bertz CT molecular complexity index is 185. The molecule has 0 atom stereocenters. The van der Waals surface area contributed by atoms with Crippen LogP contribution in [0.4, 0.5) is 0 Å². The Morgan fingerprint density at radius 1 is 1.04 bits per heavy atom. The molecular formula is C13H37AlCl5LiO4S. The maximum atomic E-state index is 9.82. The van der Waals surface area contributed by atoms with Gasteiger partial charge in [-0.25, -0.2) is 4.21 Å². The molecule has 25 heavy (non-hydrogen) atoms. The van der Waals surface area contributed by atoms with Crippen LogP contribution < -0.4 is 18.9 Å². The van der Waals surface area contributed by atoms with Crippen LogP contribution >= 0.6 is 57.0 Å². The Balaban J connectivity index is -0.0000000147. The molecule has 0 radical (unpaired) electrons. The molecule has 0 aliphatic heterocycles. The van der Waals surface area contributed by atoms with Crippen LogP contribution in [-0.2, 0) is 18.8 Å². The summed E-state index contributed by atoms with van der Waals surface area (Å²) in [6.45, 7) is 13.6. The van der Waals surface area contributed by atoms with Crippen LogP contribution in [0.5, 0.6) is 0 Å². The topological polar surface area (TPSA) is 63.6 Å². The van der Waals surface area contributed by atoms with Crippen molar-refractivity contribution in [1.82, 2.24) is 0 Å². The summed E-state index contributed by atoms with van der Waals surface area (Å²) >= 11 is 10.00.